The highest BCUT2D eigenvalue weighted by atomic mass is 127. The van der Waals surface area contributed by atoms with E-state index in [0.717, 1.165) is 9.80 Å². The van der Waals surface area contributed by atoms with Crippen LogP contribution in [0.1, 0.15) is 11.1 Å². The van der Waals surface area contributed by atoms with Crippen LogP contribution in [0.5, 0.6) is 17.2 Å². The second-order valence-electron chi connectivity index (χ2n) is 11.4. The summed E-state index contributed by atoms with van der Waals surface area (Å²) in [5.41, 5.74) is 1.09. The fourth-order valence-electron chi connectivity index (χ4n) is 4.80. The number of aryl methyl sites for hydroxylation is 1. The summed E-state index contributed by atoms with van der Waals surface area (Å²) in [4.78, 5) is 73.9. The van der Waals surface area contributed by atoms with Crippen molar-refractivity contribution in [3.05, 3.63) is 48.6 Å². The lowest BCUT2D eigenvalue weighted by Crippen LogP contribution is -2.49. The van der Waals surface area contributed by atoms with Crippen LogP contribution < -0.4 is 14.2 Å². The molecular formula is C30H36I2N4O16S. The fraction of sp³-hybridized carbons (Fsp3) is 0.400. The second kappa shape index (κ2) is 21.1. The first-order valence-corrected chi connectivity index (χ1v) is 18.6. The normalized spacial score (nSPS) is 12.1. The quantitative estimate of drug-likeness (QED) is 0.0558. The molecule has 20 nitrogen and oxygen atoms in total. The number of carboxylic acids is 5. The van der Waals surface area contributed by atoms with Gasteiger partial charge in [0.05, 0.1) is 39.9 Å². The Hall–Kier alpha value is -3.89. The van der Waals surface area contributed by atoms with Crippen molar-refractivity contribution in [1.29, 1.82) is 0 Å². The van der Waals surface area contributed by atoms with Crippen molar-refractivity contribution in [2.24, 2.45) is 0 Å². The molecular weight excluding hydrogens is 958 g/mol. The van der Waals surface area contributed by atoms with E-state index in [2.05, 4.69) is 9.50 Å². The van der Waals surface area contributed by atoms with E-state index in [1.54, 1.807) is 41.6 Å². The molecule has 0 heterocycles. The molecule has 7 N–H and O–H groups in total. The minimum atomic E-state index is -4.73. The molecule has 0 bridgehead atoms. The molecule has 23 heteroatoms. The lowest BCUT2D eigenvalue weighted by atomic mass is 10.0. The zero-order valence-corrected chi connectivity index (χ0v) is 32.9. The molecule has 0 aliphatic rings. The summed E-state index contributed by atoms with van der Waals surface area (Å²) in [6.07, 6.45) is -0.174. The van der Waals surface area contributed by atoms with Crippen molar-refractivity contribution >= 4 is 91.3 Å². The average Bonchev–Trinajstić information content (AvgIpc) is 2.99. The number of hydrogen-bond donors (Lipinski definition) is 7. The summed E-state index contributed by atoms with van der Waals surface area (Å²) in [7, 11) is -4.73. The molecule has 1 atom stereocenters. The number of hydrogen-bond acceptors (Lipinski definition) is 13. The highest BCUT2D eigenvalue weighted by molar-refractivity contribution is 14.1. The third-order valence-corrected chi connectivity index (χ3v) is 8.98. The van der Waals surface area contributed by atoms with Gasteiger partial charge in [0, 0.05) is 32.6 Å². The van der Waals surface area contributed by atoms with E-state index < -0.39 is 84.9 Å². The minimum Gasteiger partial charge on any atom is -0.480 e. The molecule has 53 heavy (non-hydrogen) atoms. The van der Waals surface area contributed by atoms with Gasteiger partial charge in [-0.3, -0.25) is 43.2 Å². The molecule has 0 unspecified atom stereocenters. The van der Waals surface area contributed by atoms with Gasteiger partial charge in [0.25, 0.3) is 0 Å². The molecule has 0 radical (unpaired) electrons. The SMILES string of the molecule is Cc1cc(C[C@H](NC(=O)CN(CCN(CCN(CC(=O)O)CC(=O)O)CC(=O)O)CC(=O)O)C(=O)O)cc(I)c1Oc1ccc(OS(=O)(=O)O)c(I)c1. The number of aliphatic carboxylic acids is 5. The van der Waals surface area contributed by atoms with Crippen molar-refractivity contribution in [2.75, 3.05) is 58.9 Å². The summed E-state index contributed by atoms with van der Waals surface area (Å²) in [6, 6.07) is 6.00. The van der Waals surface area contributed by atoms with Crippen LogP contribution in [0.3, 0.4) is 0 Å². The van der Waals surface area contributed by atoms with Crippen molar-refractivity contribution < 1.29 is 76.2 Å². The van der Waals surface area contributed by atoms with Crippen LogP contribution in [0.4, 0.5) is 0 Å². The van der Waals surface area contributed by atoms with Gasteiger partial charge in [-0.2, -0.15) is 8.42 Å². The number of nitrogens with one attached hydrogen (secondary N) is 1. The van der Waals surface area contributed by atoms with Crippen molar-refractivity contribution in [3.8, 4) is 17.2 Å². The van der Waals surface area contributed by atoms with E-state index >= 15 is 0 Å². The molecule has 0 aliphatic heterocycles. The molecule has 0 saturated carbocycles. The number of rotatable bonds is 24. The number of carbonyl (C=O) groups is 6. The van der Waals surface area contributed by atoms with Crippen LogP contribution >= 0.6 is 45.2 Å². The summed E-state index contributed by atoms with van der Waals surface area (Å²) >= 11 is 3.77. The van der Waals surface area contributed by atoms with Crippen LogP contribution in [0, 0.1) is 14.1 Å². The molecule has 2 rings (SSSR count). The third kappa shape index (κ3) is 17.7. The van der Waals surface area contributed by atoms with Crippen LogP contribution in [0.2, 0.25) is 0 Å². The van der Waals surface area contributed by atoms with Crippen molar-refractivity contribution in [1.82, 2.24) is 20.0 Å². The molecule has 0 spiro atoms. The van der Waals surface area contributed by atoms with Crippen LogP contribution in [-0.4, -0.2) is 154 Å². The largest absolute Gasteiger partial charge is 0.480 e. The van der Waals surface area contributed by atoms with Gasteiger partial charge in [-0.25, -0.2) is 4.79 Å². The number of ether oxygens (including phenoxy) is 1. The lowest BCUT2D eigenvalue weighted by molar-refractivity contribution is -0.143. The van der Waals surface area contributed by atoms with Crippen molar-refractivity contribution in [2.45, 2.75) is 19.4 Å². The first-order chi connectivity index (χ1) is 24.6. The maximum absolute atomic E-state index is 13.0. The standard InChI is InChI=1S/C30H36I2N4O16S/c1-17-8-18(9-21(32)29(17)51-19-2-3-23(20(31)11-19)52-53(48,49)50)10-22(30(46)47)33-24(37)12-35(14-26(40)41)6-4-34(13-25(38)39)5-7-36(15-27(42)43)16-28(44)45/h2-3,8-9,11,22H,4-7,10,12-16H2,1H3,(H,33,37)(H,38,39)(H,40,41)(H,42,43)(H,44,45)(H,46,47)(H,48,49,50)/t22-/m0/s1. The maximum atomic E-state index is 13.0. The zero-order chi connectivity index (χ0) is 40.0. The number of nitrogens with zero attached hydrogens (tertiary/aromatic N) is 3. The molecule has 292 valence electrons. The highest BCUT2D eigenvalue weighted by Gasteiger charge is 2.25. The van der Waals surface area contributed by atoms with E-state index in [1.165, 1.54) is 23.1 Å². The molecule has 2 aromatic carbocycles. The molecule has 0 aliphatic carbocycles. The Balaban J connectivity index is 2.12. The minimum absolute atomic E-state index is 0.0965. The van der Waals surface area contributed by atoms with Gasteiger partial charge in [-0.15, -0.1) is 0 Å². The topological polar surface area (TPSA) is 298 Å². The molecule has 0 fully saturated rings. The Labute approximate surface area is 329 Å². The van der Waals surface area contributed by atoms with Crippen LogP contribution in [0.15, 0.2) is 30.3 Å². The first kappa shape index (κ1) is 45.3. The van der Waals surface area contributed by atoms with Gasteiger partial charge >= 0.3 is 40.2 Å². The van der Waals surface area contributed by atoms with E-state index in [1.807, 2.05) is 22.6 Å². The van der Waals surface area contributed by atoms with Gasteiger partial charge in [0.2, 0.25) is 5.91 Å². The predicted molar refractivity (Wildman–Crippen MR) is 198 cm³/mol. The number of amides is 1. The van der Waals surface area contributed by atoms with E-state index in [0.29, 0.717) is 29.8 Å². The Morgan fingerprint density at radius 1 is 0.736 bits per heavy atom. The van der Waals surface area contributed by atoms with Gasteiger partial charge in [0.15, 0.2) is 5.75 Å². The third-order valence-electron chi connectivity index (χ3n) is 6.95. The average molecular weight is 995 g/mol. The summed E-state index contributed by atoms with van der Waals surface area (Å²) in [5.74, 6) is -6.80. The monoisotopic (exact) mass is 994 g/mol. The van der Waals surface area contributed by atoms with Gasteiger partial charge in [-0.05, 0) is 87.5 Å². The highest BCUT2D eigenvalue weighted by Crippen LogP contribution is 2.34. The molecule has 2 aromatic rings. The molecule has 0 aromatic heterocycles. The number of carbonyl (C=O) groups excluding carboxylic acids is 1. The number of benzene rings is 2. The molecule has 1 amide bonds. The van der Waals surface area contributed by atoms with Gasteiger partial charge in [0.1, 0.15) is 17.5 Å². The zero-order valence-electron chi connectivity index (χ0n) is 27.8. The summed E-state index contributed by atoms with van der Waals surface area (Å²) in [6.45, 7) is -1.85. The predicted octanol–water partition coefficient (Wildman–Crippen LogP) is 0.534. The van der Waals surface area contributed by atoms with E-state index in [4.69, 9.17) is 19.5 Å². The van der Waals surface area contributed by atoms with E-state index in [-0.39, 0.29) is 38.3 Å². The lowest BCUT2D eigenvalue weighted by Gasteiger charge is -2.27. The Morgan fingerprint density at radius 2 is 1.23 bits per heavy atom. The Kier molecular flexibility index (Phi) is 18.0. The summed E-state index contributed by atoms with van der Waals surface area (Å²) < 4.78 is 42.4. The van der Waals surface area contributed by atoms with E-state index in [9.17, 15) is 52.5 Å². The van der Waals surface area contributed by atoms with Crippen molar-refractivity contribution in [3.63, 3.8) is 0 Å². The molecule has 0 saturated heterocycles. The Morgan fingerprint density at radius 3 is 1.68 bits per heavy atom. The fourth-order valence-corrected chi connectivity index (χ4v) is 6.85. The van der Waals surface area contributed by atoms with Gasteiger partial charge < -0.3 is 39.8 Å². The van der Waals surface area contributed by atoms with Gasteiger partial charge in [-0.1, -0.05) is 6.07 Å². The number of halogens is 2. The summed E-state index contributed by atoms with van der Waals surface area (Å²) in [5, 5.41) is 49.1. The smallest absolute Gasteiger partial charge is 0.446 e. The van der Waals surface area contributed by atoms with Crippen LogP contribution in [-0.2, 0) is 45.6 Å². The first-order valence-electron chi connectivity index (χ1n) is 15.1. The number of carboxylic acid groups (broad SMARTS) is 5. The maximum Gasteiger partial charge on any atom is 0.446 e. The Bertz CT molecular complexity index is 1760. The second-order valence-corrected chi connectivity index (χ2v) is 14.7. The van der Waals surface area contributed by atoms with Crippen LogP contribution in [0.25, 0.3) is 0 Å².